The zero-order valence-electron chi connectivity index (χ0n) is 11.4. The number of methoxy groups -OCH3 is 1. The molecule has 0 aromatic heterocycles. The van der Waals surface area contributed by atoms with Crippen molar-refractivity contribution >= 4 is 23.5 Å². The maximum Gasteiger partial charge on any atom is 0.332 e. The largest absolute Gasteiger partial charge is 0.479 e. The molecule has 5 nitrogen and oxygen atoms in total. The van der Waals surface area contributed by atoms with Gasteiger partial charge in [0.05, 0.1) is 6.61 Å². The van der Waals surface area contributed by atoms with E-state index in [1.165, 1.54) is 18.1 Å². The number of aliphatic carboxylic acids is 1. The van der Waals surface area contributed by atoms with Gasteiger partial charge < -0.3 is 14.7 Å². The molecule has 7 heteroatoms. The third-order valence-electron chi connectivity index (χ3n) is 3.62. The van der Waals surface area contributed by atoms with Crippen LogP contribution in [0.5, 0.6) is 0 Å². The number of ether oxygens (including phenoxy) is 1. The molecule has 1 saturated heterocycles. The average molecular weight is 316 g/mol. The van der Waals surface area contributed by atoms with Crippen LogP contribution in [-0.4, -0.2) is 47.7 Å². The number of carbonyl (C=O) groups excluding carboxylic acids is 1. The number of amides is 1. The topological polar surface area (TPSA) is 66.8 Å². The number of carboxylic acid groups (broad SMARTS) is 1. The Kier molecular flexibility index (Phi) is 4.49. The maximum absolute atomic E-state index is 13.4. The number of carbonyl (C=O) groups is 2. The Hall–Kier alpha value is -1.66. The van der Waals surface area contributed by atoms with Gasteiger partial charge in [-0.05, 0) is 31.0 Å². The highest BCUT2D eigenvalue weighted by Crippen LogP contribution is 2.32. The van der Waals surface area contributed by atoms with Gasteiger partial charge >= 0.3 is 5.97 Å². The molecule has 0 aliphatic carbocycles. The van der Waals surface area contributed by atoms with Gasteiger partial charge in [0.15, 0.2) is 5.54 Å². The number of hydrogen-bond acceptors (Lipinski definition) is 3. The van der Waals surface area contributed by atoms with Gasteiger partial charge in [0.25, 0.3) is 5.91 Å². The summed E-state index contributed by atoms with van der Waals surface area (Å²) < 4.78 is 18.4. The van der Waals surface area contributed by atoms with Gasteiger partial charge in [-0.2, -0.15) is 0 Å². The van der Waals surface area contributed by atoms with Crippen LogP contribution in [-0.2, 0) is 9.53 Å². The van der Waals surface area contributed by atoms with E-state index in [9.17, 15) is 19.1 Å². The first-order valence-electron chi connectivity index (χ1n) is 6.41. The smallest absolute Gasteiger partial charge is 0.332 e. The van der Waals surface area contributed by atoms with Gasteiger partial charge in [-0.3, -0.25) is 4.79 Å². The van der Waals surface area contributed by atoms with Gasteiger partial charge in [0.1, 0.15) is 5.82 Å². The number of hydrogen-bond donors (Lipinski definition) is 1. The summed E-state index contributed by atoms with van der Waals surface area (Å²) in [7, 11) is 1.38. The zero-order valence-corrected chi connectivity index (χ0v) is 12.2. The summed E-state index contributed by atoms with van der Waals surface area (Å²) in [6.45, 7) is 0.166. The van der Waals surface area contributed by atoms with Crippen molar-refractivity contribution in [1.29, 1.82) is 0 Å². The van der Waals surface area contributed by atoms with E-state index in [0.717, 1.165) is 12.1 Å². The second kappa shape index (κ2) is 5.99. The first kappa shape index (κ1) is 15.7. The Labute approximate surface area is 126 Å². The molecule has 1 aliphatic rings. The van der Waals surface area contributed by atoms with Gasteiger partial charge in [-0.25, -0.2) is 9.18 Å². The van der Waals surface area contributed by atoms with Crippen molar-refractivity contribution in [2.24, 2.45) is 0 Å². The summed E-state index contributed by atoms with van der Waals surface area (Å²) in [5.74, 6) is -2.33. The van der Waals surface area contributed by atoms with Crippen LogP contribution in [0.1, 0.15) is 23.2 Å². The van der Waals surface area contributed by atoms with Crippen LogP contribution in [0.2, 0.25) is 5.02 Å². The van der Waals surface area contributed by atoms with E-state index in [0.29, 0.717) is 12.8 Å². The Bertz CT molecular complexity index is 560. The minimum Gasteiger partial charge on any atom is -0.479 e. The SMILES string of the molecule is COCC1(C(=O)O)CCCN1C(=O)c1cc(F)cc(Cl)c1. The van der Waals surface area contributed by atoms with E-state index in [1.807, 2.05) is 0 Å². The van der Waals surface area contributed by atoms with E-state index in [-0.39, 0.29) is 23.7 Å². The van der Waals surface area contributed by atoms with E-state index < -0.39 is 23.2 Å². The summed E-state index contributed by atoms with van der Waals surface area (Å²) in [6.07, 6.45) is 0.843. The van der Waals surface area contributed by atoms with Crippen LogP contribution in [0.15, 0.2) is 18.2 Å². The summed E-state index contributed by atoms with van der Waals surface area (Å²) in [6, 6.07) is 3.46. The van der Waals surface area contributed by atoms with Crippen LogP contribution in [0.25, 0.3) is 0 Å². The van der Waals surface area contributed by atoms with E-state index >= 15 is 0 Å². The van der Waals surface area contributed by atoms with Crippen molar-refractivity contribution in [3.8, 4) is 0 Å². The zero-order chi connectivity index (χ0) is 15.6. The van der Waals surface area contributed by atoms with Crippen LogP contribution >= 0.6 is 11.6 Å². The molecule has 1 aromatic carbocycles. The summed E-state index contributed by atoms with van der Waals surface area (Å²) >= 11 is 5.74. The average Bonchev–Trinajstić information content (AvgIpc) is 2.82. The highest BCUT2D eigenvalue weighted by atomic mass is 35.5. The first-order valence-corrected chi connectivity index (χ1v) is 6.79. The van der Waals surface area contributed by atoms with Crippen LogP contribution in [0.3, 0.4) is 0 Å². The molecule has 114 valence electrons. The predicted octanol–water partition coefficient (Wildman–Crippen LogP) is 2.18. The molecule has 2 rings (SSSR count). The molecule has 1 amide bonds. The number of halogens is 2. The molecule has 1 atom stereocenters. The molecule has 1 unspecified atom stereocenters. The highest BCUT2D eigenvalue weighted by molar-refractivity contribution is 6.31. The highest BCUT2D eigenvalue weighted by Gasteiger charge is 2.50. The van der Waals surface area contributed by atoms with Crippen molar-refractivity contribution in [2.75, 3.05) is 20.3 Å². The minimum atomic E-state index is -1.41. The van der Waals surface area contributed by atoms with Crippen molar-refractivity contribution in [3.05, 3.63) is 34.6 Å². The fourth-order valence-corrected chi connectivity index (χ4v) is 2.90. The second-order valence-corrected chi connectivity index (χ2v) is 5.42. The molecule has 1 aromatic rings. The van der Waals surface area contributed by atoms with Gasteiger partial charge in [-0.1, -0.05) is 11.6 Å². The number of nitrogens with zero attached hydrogens (tertiary/aromatic N) is 1. The maximum atomic E-state index is 13.4. The van der Waals surface area contributed by atoms with Gasteiger partial charge in [-0.15, -0.1) is 0 Å². The van der Waals surface area contributed by atoms with Crippen molar-refractivity contribution in [2.45, 2.75) is 18.4 Å². The molecule has 1 N–H and O–H groups in total. The molecule has 1 heterocycles. The Morgan fingerprint density at radius 3 is 2.76 bits per heavy atom. The van der Waals surface area contributed by atoms with E-state index in [4.69, 9.17) is 16.3 Å². The molecular formula is C14H15ClFNO4. The standard InChI is InChI=1S/C14H15ClFNO4/c1-21-8-14(13(19)20)3-2-4-17(14)12(18)9-5-10(15)7-11(16)6-9/h5-7H,2-4,8H2,1H3,(H,19,20). The summed E-state index contributed by atoms with van der Waals surface area (Å²) in [4.78, 5) is 25.4. The quantitative estimate of drug-likeness (QED) is 0.925. The lowest BCUT2D eigenvalue weighted by Crippen LogP contribution is -2.56. The minimum absolute atomic E-state index is 0.0311. The number of rotatable bonds is 4. The Balaban J connectivity index is 2.38. The number of carboxylic acids is 1. The number of likely N-dealkylation sites (tertiary alicyclic amines) is 1. The second-order valence-electron chi connectivity index (χ2n) is 4.99. The molecule has 1 fully saturated rings. The van der Waals surface area contributed by atoms with Crippen LogP contribution in [0.4, 0.5) is 4.39 Å². The first-order chi connectivity index (χ1) is 9.90. The molecular weight excluding hydrogens is 301 g/mol. The lowest BCUT2D eigenvalue weighted by molar-refractivity contribution is -0.151. The fourth-order valence-electron chi connectivity index (χ4n) is 2.68. The third kappa shape index (κ3) is 2.87. The van der Waals surface area contributed by atoms with Crippen LogP contribution in [0, 0.1) is 5.82 Å². The van der Waals surface area contributed by atoms with Crippen molar-refractivity contribution < 1.29 is 23.8 Å². The lowest BCUT2D eigenvalue weighted by atomic mass is 9.96. The fraction of sp³-hybridized carbons (Fsp3) is 0.429. The van der Waals surface area contributed by atoms with Gasteiger partial charge in [0.2, 0.25) is 0 Å². The van der Waals surface area contributed by atoms with Crippen LogP contribution < -0.4 is 0 Å². The molecule has 0 radical (unpaired) electrons. The van der Waals surface area contributed by atoms with E-state index in [1.54, 1.807) is 0 Å². The molecule has 0 saturated carbocycles. The van der Waals surface area contributed by atoms with Crippen molar-refractivity contribution in [3.63, 3.8) is 0 Å². The monoisotopic (exact) mass is 315 g/mol. The summed E-state index contributed by atoms with van der Waals surface area (Å²) in [5, 5.41) is 9.58. The lowest BCUT2D eigenvalue weighted by Gasteiger charge is -2.34. The molecule has 0 bridgehead atoms. The normalized spacial score (nSPS) is 21.6. The summed E-state index contributed by atoms with van der Waals surface area (Å²) in [5.41, 5.74) is -1.38. The Morgan fingerprint density at radius 2 is 2.19 bits per heavy atom. The molecule has 0 spiro atoms. The molecule has 1 aliphatic heterocycles. The predicted molar refractivity (Wildman–Crippen MR) is 73.9 cm³/mol. The van der Waals surface area contributed by atoms with Crippen molar-refractivity contribution in [1.82, 2.24) is 4.90 Å². The number of benzene rings is 1. The third-order valence-corrected chi connectivity index (χ3v) is 3.84. The Morgan fingerprint density at radius 1 is 1.48 bits per heavy atom. The molecule has 21 heavy (non-hydrogen) atoms. The van der Waals surface area contributed by atoms with Gasteiger partial charge in [0, 0.05) is 24.2 Å². The van der Waals surface area contributed by atoms with E-state index in [2.05, 4.69) is 0 Å².